The SMILES string of the molecule is Nc1ccsc1C(=O)NCCOCC1CC1. The number of carbonyl (C=O) groups is 1. The number of hydrogen-bond acceptors (Lipinski definition) is 4. The largest absolute Gasteiger partial charge is 0.397 e. The average molecular weight is 240 g/mol. The molecule has 0 aromatic carbocycles. The van der Waals surface area contributed by atoms with Gasteiger partial charge in [-0.05, 0) is 30.2 Å². The van der Waals surface area contributed by atoms with Crippen molar-refractivity contribution in [2.75, 3.05) is 25.5 Å². The van der Waals surface area contributed by atoms with E-state index in [9.17, 15) is 4.79 Å². The lowest BCUT2D eigenvalue weighted by atomic mass is 10.4. The number of hydrogen-bond donors (Lipinski definition) is 2. The van der Waals surface area contributed by atoms with E-state index in [0.29, 0.717) is 23.7 Å². The Balaban J connectivity index is 1.61. The van der Waals surface area contributed by atoms with Crippen molar-refractivity contribution in [2.45, 2.75) is 12.8 Å². The van der Waals surface area contributed by atoms with Gasteiger partial charge >= 0.3 is 0 Å². The van der Waals surface area contributed by atoms with Crippen molar-refractivity contribution >= 4 is 22.9 Å². The van der Waals surface area contributed by atoms with Gasteiger partial charge in [0.25, 0.3) is 5.91 Å². The number of rotatable bonds is 6. The summed E-state index contributed by atoms with van der Waals surface area (Å²) in [5.41, 5.74) is 6.18. The van der Waals surface area contributed by atoms with Crippen LogP contribution in [-0.2, 0) is 4.74 Å². The first kappa shape index (κ1) is 11.4. The van der Waals surface area contributed by atoms with E-state index in [-0.39, 0.29) is 5.91 Å². The lowest BCUT2D eigenvalue weighted by molar-refractivity contribution is 0.0911. The van der Waals surface area contributed by atoms with Gasteiger partial charge in [-0.1, -0.05) is 0 Å². The van der Waals surface area contributed by atoms with Crippen LogP contribution >= 0.6 is 11.3 Å². The zero-order valence-corrected chi connectivity index (χ0v) is 9.89. The maximum atomic E-state index is 11.6. The Kier molecular flexibility index (Phi) is 3.79. The number of anilines is 1. The van der Waals surface area contributed by atoms with Crippen molar-refractivity contribution in [3.05, 3.63) is 16.3 Å². The zero-order chi connectivity index (χ0) is 11.4. The van der Waals surface area contributed by atoms with Crippen LogP contribution in [0.2, 0.25) is 0 Å². The van der Waals surface area contributed by atoms with Crippen LogP contribution in [0.5, 0.6) is 0 Å². The number of nitrogens with one attached hydrogen (secondary N) is 1. The fourth-order valence-corrected chi connectivity index (χ4v) is 2.09. The number of carbonyl (C=O) groups excluding carboxylic acids is 1. The predicted molar refractivity (Wildman–Crippen MR) is 64.6 cm³/mol. The molecular formula is C11H16N2O2S. The minimum atomic E-state index is -0.109. The Morgan fingerprint density at radius 3 is 3.06 bits per heavy atom. The molecule has 0 radical (unpaired) electrons. The van der Waals surface area contributed by atoms with E-state index in [2.05, 4.69) is 5.32 Å². The average Bonchev–Trinajstić information content (AvgIpc) is 2.99. The second-order valence-corrected chi connectivity index (χ2v) is 4.90. The predicted octanol–water partition coefficient (Wildman–Crippen LogP) is 1.49. The molecule has 4 nitrogen and oxygen atoms in total. The van der Waals surface area contributed by atoms with Gasteiger partial charge in [-0.25, -0.2) is 0 Å². The number of amides is 1. The van der Waals surface area contributed by atoms with Gasteiger partial charge in [0, 0.05) is 13.2 Å². The second-order valence-electron chi connectivity index (χ2n) is 3.98. The topological polar surface area (TPSA) is 64.4 Å². The molecule has 1 aromatic rings. The normalized spacial score (nSPS) is 15.0. The van der Waals surface area contributed by atoms with Crippen LogP contribution in [0, 0.1) is 5.92 Å². The Hall–Kier alpha value is -1.07. The number of thiophene rings is 1. The minimum Gasteiger partial charge on any atom is -0.397 e. The molecule has 2 rings (SSSR count). The molecule has 1 heterocycles. The first-order chi connectivity index (χ1) is 7.77. The molecule has 0 unspecified atom stereocenters. The van der Waals surface area contributed by atoms with Crippen molar-refractivity contribution < 1.29 is 9.53 Å². The second kappa shape index (κ2) is 5.32. The van der Waals surface area contributed by atoms with Crippen LogP contribution in [0.4, 0.5) is 5.69 Å². The molecule has 1 aromatic heterocycles. The van der Waals surface area contributed by atoms with E-state index in [4.69, 9.17) is 10.5 Å². The summed E-state index contributed by atoms with van der Waals surface area (Å²) < 4.78 is 5.41. The van der Waals surface area contributed by atoms with Gasteiger partial charge < -0.3 is 15.8 Å². The molecule has 0 spiro atoms. The van der Waals surface area contributed by atoms with Gasteiger partial charge in [-0.2, -0.15) is 0 Å². The molecule has 0 aliphatic heterocycles. The molecule has 1 amide bonds. The third-order valence-corrected chi connectivity index (χ3v) is 3.41. The highest BCUT2D eigenvalue weighted by atomic mass is 32.1. The van der Waals surface area contributed by atoms with Crippen molar-refractivity contribution in [3.8, 4) is 0 Å². The van der Waals surface area contributed by atoms with Gasteiger partial charge in [-0.3, -0.25) is 4.79 Å². The molecule has 1 aliphatic rings. The van der Waals surface area contributed by atoms with Crippen molar-refractivity contribution in [3.63, 3.8) is 0 Å². The summed E-state index contributed by atoms with van der Waals surface area (Å²) in [7, 11) is 0. The van der Waals surface area contributed by atoms with E-state index in [1.807, 2.05) is 5.38 Å². The van der Waals surface area contributed by atoms with Gasteiger partial charge in [-0.15, -0.1) is 11.3 Å². The lowest BCUT2D eigenvalue weighted by Gasteiger charge is -2.05. The molecule has 1 saturated carbocycles. The summed E-state index contributed by atoms with van der Waals surface area (Å²) in [4.78, 5) is 12.2. The van der Waals surface area contributed by atoms with E-state index in [0.717, 1.165) is 12.5 Å². The standard InChI is InChI=1S/C11H16N2O2S/c12-9-3-6-16-10(9)11(14)13-4-5-15-7-8-1-2-8/h3,6,8H,1-2,4-5,7,12H2,(H,13,14). The van der Waals surface area contributed by atoms with Crippen LogP contribution in [0.3, 0.4) is 0 Å². The molecule has 0 saturated heterocycles. The highest BCUT2D eigenvalue weighted by Gasteiger charge is 2.20. The number of nitrogens with two attached hydrogens (primary N) is 1. The zero-order valence-electron chi connectivity index (χ0n) is 9.07. The lowest BCUT2D eigenvalue weighted by Crippen LogP contribution is -2.27. The third-order valence-electron chi connectivity index (χ3n) is 2.48. The van der Waals surface area contributed by atoms with Gasteiger partial charge in [0.05, 0.1) is 12.3 Å². The fourth-order valence-electron chi connectivity index (χ4n) is 1.36. The summed E-state index contributed by atoms with van der Waals surface area (Å²) in [5, 5.41) is 4.60. The highest BCUT2D eigenvalue weighted by Crippen LogP contribution is 2.28. The smallest absolute Gasteiger partial charge is 0.263 e. The Morgan fingerprint density at radius 2 is 2.44 bits per heavy atom. The fraction of sp³-hybridized carbons (Fsp3) is 0.545. The first-order valence-electron chi connectivity index (χ1n) is 5.46. The summed E-state index contributed by atoms with van der Waals surface area (Å²) >= 11 is 1.36. The molecule has 3 N–H and O–H groups in total. The minimum absolute atomic E-state index is 0.109. The third kappa shape index (κ3) is 3.21. The Labute approximate surface area is 98.8 Å². The van der Waals surface area contributed by atoms with Gasteiger partial charge in [0.15, 0.2) is 0 Å². The molecule has 0 atom stereocenters. The van der Waals surface area contributed by atoms with E-state index < -0.39 is 0 Å². The molecule has 1 fully saturated rings. The molecule has 88 valence electrons. The first-order valence-corrected chi connectivity index (χ1v) is 6.34. The monoisotopic (exact) mass is 240 g/mol. The van der Waals surface area contributed by atoms with Crippen LogP contribution in [-0.4, -0.2) is 25.7 Å². The maximum Gasteiger partial charge on any atom is 0.263 e. The van der Waals surface area contributed by atoms with Crippen molar-refractivity contribution in [1.29, 1.82) is 0 Å². The highest BCUT2D eigenvalue weighted by molar-refractivity contribution is 7.12. The number of ether oxygens (including phenoxy) is 1. The Morgan fingerprint density at radius 1 is 1.62 bits per heavy atom. The molecule has 5 heteroatoms. The van der Waals surface area contributed by atoms with E-state index in [1.165, 1.54) is 24.2 Å². The van der Waals surface area contributed by atoms with Gasteiger partial charge in [0.1, 0.15) is 4.88 Å². The maximum absolute atomic E-state index is 11.6. The summed E-state index contributed by atoms with van der Waals surface area (Å²) in [6.45, 7) is 1.95. The summed E-state index contributed by atoms with van der Waals surface area (Å²) in [5.74, 6) is 0.658. The van der Waals surface area contributed by atoms with Crippen LogP contribution < -0.4 is 11.1 Å². The van der Waals surface area contributed by atoms with Crippen LogP contribution in [0.25, 0.3) is 0 Å². The molecule has 1 aliphatic carbocycles. The van der Waals surface area contributed by atoms with E-state index >= 15 is 0 Å². The van der Waals surface area contributed by atoms with Crippen LogP contribution in [0.15, 0.2) is 11.4 Å². The van der Waals surface area contributed by atoms with Gasteiger partial charge in [0.2, 0.25) is 0 Å². The Bertz CT molecular complexity index is 361. The van der Waals surface area contributed by atoms with Crippen LogP contribution in [0.1, 0.15) is 22.5 Å². The van der Waals surface area contributed by atoms with Crippen molar-refractivity contribution in [2.24, 2.45) is 5.92 Å². The molecular weight excluding hydrogens is 224 g/mol. The van der Waals surface area contributed by atoms with E-state index in [1.54, 1.807) is 6.07 Å². The van der Waals surface area contributed by atoms with Crippen molar-refractivity contribution in [1.82, 2.24) is 5.32 Å². The number of nitrogen functional groups attached to an aromatic ring is 1. The quantitative estimate of drug-likeness (QED) is 0.740. The molecule has 0 bridgehead atoms. The summed E-state index contributed by atoms with van der Waals surface area (Å²) in [6, 6.07) is 1.74. The summed E-state index contributed by atoms with van der Waals surface area (Å²) in [6.07, 6.45) is 2.58. The molecule has 16 heavy (non-hydrogen) atoms.